The maximum absolute atomic E-state index is 8.34. The van der Waals surface area contributed by atoms with Gasteiger partial charge in [-0.15, -0.1) is 0 Å². The molecule has 1 aromatic carbocycles. The molecule has 0 N–H and O–H groups in total. The number of hydrogen-bond donors (Lipinski definition) is 0. The molecule has 1 heterocycles. The zero-order valence-electron chi connectivity index (χ0n) is 16.3. The van der Waals surface area contributed by atoms with E-state index in [1.54, 1.807) is 0 Å². The van der Waals surface area contributed by atoms with Crippen LogP contribution in [-0.2, 0) is 17.9 Å². The van der Waals surface area contributed by atoms with E-state index in [0.29, 0.717) is 6.17 Å². The highest BCUT2D eigenvalue weighted by Gasteiger charge is 2.22. The Balaban J connectivity index is 2.74. The molecule has 22 heavy (non-hydrogen) atoms. The fourth-order valence-electron chi connectivity index (χ4n) is 2.58. The first-order chi connectivity index (χ1) is 10.4. The van der Waals surface area contributed by atoms with Crippen LogP contribution < -0.4 is 4.57 Å². The van der Waals surface area contributed by atoms with Crippen molar-refractivity contribution in [1.82, 2.24) is 0 Å². The van der Waals surface area contributed by atoms with Gasteiger partial charge in [-0.2, -0.15) is 0 Å². The summed E-state index contributed by atoms with van der Waals surface area (Å²) in [4.78, 5) is 0. The minimum atomic E-state index is 0.0361. The highest BCUT2D eigenvalue weighted by atomic mass is 14.9. The predicted octanol–water partition coefficient (Wildman–Crippen LogP) is 5.08. The molecule has 0 aliphatic rings. The largest absolute Gasteiger partial charge is 0.212 e. The predicted molar refractivity (Wildman–Crippen MR) is 95.2 cm³/mol. The Kier molecular flexibility index (Phi) is 3.84. The van der Waals surface area contributed by atoms with Crippen LogP contribution in [0.2, 0.25) is 0 Å². The summed E-state index contributed by atoms with van der Waals surface area (Å²) in [6, 6.07) is 10.9. The molecule has 0 bridgehead atoms. The summed E-state index contributed by atoms with van der Waals surface area (Å²) >= 11 is 0. The van der Waals surface area contributed by atoms with Gasteiger partial charge in [0.25, 0.3) is 0 Å². The summed E-state index contributed by atoms with van der Waals surface area (Å²) in [6.45, 7) is 15.5. The molecule has 0 saturated heterocycles. The van der Waals surface area contributed by atoms with Gasteiger partial charge in [0.1, 0.15) is 8.42 Å². The van der Waals surface area contributed by atoms with Gasteiger partial charge in [-0.1, -0.05) is 53.7 Å². The second-order valence-electron chi connectivity index (χ2n) is 8.35. The molecular weight excluding hydrogens is 266 g/mol. The van der Waals surface area contributed by atoms with Gasteiger partial charge in [0.2, 0.25) is 5.69 Å². The number of pyridine rings is 1. The minimum Gasteiger partial charge on any atom is -0.201 e. The van der Waals surface area contributed by atoms with E-state index in [2.05, 4.69) is 72.7 Å². The fraction of sp³-hybridized carbons (Fsp3) is 0.476. The maximum atomic E-state index is 8.34. The Hall–Kier alpha value is -1.63. The van der Waals surface area contributed by atoms with Gasteiger partial charge >= 0.3 is 0 Å². The SMILES string of the molecule is [2H]c1cc(C(C)(C)C)cc(-c2cc(C(C)(C)C)ccc2C)[n+]1C. The first-order valence-corrected chi connectivity index (χ1v) is 8.04. The third-order valence-corrected chi connectivity index (χ3v) is 4.31. The number of nitrogens with zero attached hydrogens (tertiary/aromatic N) is 1. The van der Waals surface area contributed by atoms with E-state index in [9.17, 15) is 0 Å². The molecule has 1 nitrogen and oxygen atoms in total. The van der Waals surface area contributed by atoms with Crippen LogP contribution in [0.4, 0.5) is 0 Å². The lowest BCUT2D eigenvalue weighted by Crippen LogP contribution is -2.32. The van der Waals surface area contributed by atoms with Gasteiger partial charge in [0.15, 0.2) is 6.17 Å². The van der Waals surface area contributed by atoms with Crippen molar-refractivity contribution >= 4 is 0 Å². The second-order valence-corrected chi connectivity index (χ2v) is 8.35. The lowest BCUT2D eigenvalue weighted by atomic mass is 9.83. The van der Waals surface area contributed by atoms with Crippen molar-refractivity contribution in [2.45, 2.75) is 59.3 Å². The van der Waals surface area contributed by atoms with Crippen molar-refractivity contribution in [3.8, 4) is 11.3 Å². The number of aromatic nitrogens is 1. The van der Waals surface area contributed by atoms with E-state index in [1.807, 2.05) is 17.7 Å². The molecule has 0 radical (unpaired) electrons. The van der Waals surface area contributed by atoms with Crippen LogP contribution >= 0.6 is 0 Å². The summed E-state index contributed by atoms with van der Waals surface area (Å²) in [5.74, 6) is 0. The molecule has 0 aliphatic heterocycles. The van der Waals surface area contributed by atoms with Crippen LogP contribution in [0.5, 0.6) is 0 Å². The molecule has 2 rings (SSSR count). The number of rotatable bonds is 1. The van der Waals surface area contributed by atoms with Crippen molar-refractivity contribution in [2.75, 3.05) is 0 Å². The minimum absolute atomic E-state index is 0.0361. The van der Waals surface area contributed by atoms with Gasteiger partial charge in [0.05, 0.1) is 0 Å². The molecule has 0 unspecified atom stereocenters. The topological polar surface area (TPSA) is 3.88 Å². The lowest BCUT2D eigenvalue weighted by Gasteiger charge is -2.21. The van der Waals surface area contributed by atoms with Crippen molar-refractivity contribution in [2.24, 2.45) is 7.05 Å². The first kappa shape index (κ1) is 15.3. The fourth-order valence-corrected chi connectivity index (χ4v) is 2.58. The summed E-state index contributed by atoms with van der Waals surface area (Å²) in [5, 5.41) is 0. The summed E-state index contributed by atoms with van der Waals surface area (Å²) < 4.78 is 10.3. The standard InChI is InChI=1S/C21H30N/c1-15-9-10-16(20(2,3)4)13-18(15)19-14-17(21(5,6)7)11-12-22(19)8/h9-14H,1-8H3/q+1/i12D. The van der Waals surface area contributed by atoms with Gasteiger partial charge in [-0.05, 0) is 40.5 Å². The van der Waals surface area contributed by atoms with Gasteiger partial charge < -0.3 is 0 Å². The van der Waals surface area contributed by atoms with Crippen molar-refractivity contribution in [1.29, 1.82) is 0 Å². The maximum Gasteiger partial charge on any atom is 0.212 e. The van der Waals surface area contributed by atoms with Crippen LogP contribution in [0, 0.1) is 6.92 Å². The van der Waals surface area contributed by atoms with Crippen molar-refractivity contribution in [3.63, 3.8) is 0 Å². The van der Waals surface area contributed by atoms with Crippen LogP contribution in [-0.4, -0.2) is 0 Å². The lowest BCUT2D eigenvalue weighted by molar-refractivity contribution is -0.660. The number of hydrogen-bond acceptors (Lipinski definition) is 0. The smallest absolute Gasteiger partial charge is 0.201 e. The molecule has 2 aromatic rings. The van der Waals surface area contributed by atoms with Crippen molar-refractivity contribution in [3.05, 3.63) is 53.2 Å². The highest BCUT2D eigenvalue weighted by molar-refractivity contribution is 5.63. The number of benzene rings is 1. The Morgan fingerprint density at radius 3 is 1.95 bits per heavy atom. The average molecular weight is 297 g/mol. The molecule has 0 saturated carbocycles. The molecule has 0 fully saturated rings. The van der Waals surface area contributed by atoms with E-state index >= 15 is 0 Å². The van der Waals surface area contributed by atoms with Gasteiger partial charge in [-0.3, -0.25) is 0 Å². The molecule has 1 heteroatoms. The molecular formula is C21H30N+. The normalized spacial score (nSPS) is 13.2. The Labute approximate surface area is 137 Å². The summed E-state index contributed by atoms with van der Waals surface area (Å²) in [6.07, 6.45) is 0.549. The Bertz CT molecular complexity index is 731. The molecule has 0 spiro atoms. The summed E-state index contributed by atoms with van der Waals surface area (Å²) in [5.41, 5.74) is 6.27. The molecule has 0 atom stereocenters. The quantitative estimate of drug-likeness (QED) is 0.646. The molecule has 0 amide bonds. The summed E-state index contributed by atoms with van der Waals surface area (Å²) in [7, 11) is 1.98. The van der Waals surface area contributed by atoms with Crippen LogP contribution in [0.3, 0.4) is 0 Å². The van der Waals surface area contributed by atoms with E-state index in [4.69, 9.17) is 1.37 Å². The van der Waals surface area contributed by atoms with Crippen LogP contribution in [0.15, 0.2) is 36.5 Å². The average Bonchev–Trinajstić information content (AvgIpc) is 2.40. The Morgan fingerprint density at radius 2 is 1.41 bits per heavy atom. The zero-order valence-corrected chi connectivity index (χ0v) is 15.3. The first-order valence-electron chi connectivity index (χ1n) is 8.54. The Morgan fingerprint density at radius 1 is 0.864 bits per heavy atom. The van der Waals surface area contributed by atoms with E-state index in [-0.39, 0.29) is 10.8 Å². The molecule has 1 aromatic heterocycles. The van der Waals surface area contributed by atoms with E-state index in [0.717, 1.165) is 5.69 Å². The highest BCUT2D eigenvalue weighted by Crippen LogP contribution is 2.30. The van der Waals surface area contributed by atoms with Gasteiger partial charge in [-0.25, -0.2) is 4.57 Å². The van der Waals surface area contributed by atoms with Crippen LogP contribution in [0.25, 0.3) is 11.3 Å². The van der Waals surface area contributed by atoms with Crippen molar-refractivity contribution < 1.29 is 5.94 Å². The van der Waals surface area contributed by atoms with Gasteiger partial charge in [0, 0.05) is 17.7 Å². The van der Waals surface area contributed by atoms with E-state index in [1.165, 1.54) is 22.3 Å². The van der Waals surface area contributed by atoms with Crippen LogP contribution in [0.1, 0.15) is 59.6 Å². The third kappa shape index (κ3) is 3.40. The number of aryl methyl sites for hydroxylation is 1. The zero-order chi connectivity index (χ0) is 17.6. The third-order valence-electron chi connectivity index (χ3n) is 4.31. The molecule has 0 aliphatic carbocycles. The van der Waals surface area contributed by atoms with E-state index < -0.39 is 0 Å². The molecule has 118 valence electrons. The second kappa shape index (κ2) is 5.53. The monoisotopic (exact) mass is 297 g/mol.